The van der Waals surface area contributed by atoms with Gasteiger partial charge in [0.2, 0.25) is 5.91 Å². The summed E-state index contributed by atoms with van der Waals surface area (Å²) in [5, 5.41) is 3.10. The molecule has 0 radical (unpaired) electrons. The van der Waals surface area contributed by atoms with Gasteiger partial charge < -0.3 is 19.7 Å². The van der Waals surface area contributed by atoms with E-state index in [1.54, 1.807) is 33.2 Å². The van der Waals surface area contributed by atoms with Crippen LogP contribution in [0.25, 0.3) is 0 Å². The van der Waals surface area contributed by atoms with E-state index in [9.17, 15) is 27.2 Å². The number of nitrogens with zero attached hydrogens (tertiary/aromatic N) is 5. The normalized spacial score (nSPS) is 20.4. The van der Waals surface area contributed by atoms with Crippen molar-refractivity contribution >= 4 is 17.4 Å². The van der Waals surface area contributed by atoms with E-state index in [0.717, 1.165) is 0 Å². The number of hydrogen-bond acceptors (Lipinski definition) is 6. The smallest absolute Gasteiger partial charge is 0.363 e. The van der Waals surface area contributed by atoms with Crippen LogP contribution in [0.4, 0.5) is 29.1 Å². The van der Waals surface area contributed by atoms with E-state index in [4.69, 9.17) is 0 Å². The van der Waals surface area contributed by atoms with E-state index in [1.165, 1.54) is 27.7 Å². The largest absolute Gasteiger partial charge is 0.419 e. The number of nitrogens with one attached hydrogen (secondary N) is 1. The zero-order chi connectivity index (χ0) is 28.3. The van der Waals surface area contributed by atoms with Gasteiger partial charge >= 0.3 is 6.18 Å². The fourth-order valence-electron chi connectivity index (χ4n) is 5.52. The molecule has 1 fully saturated rings. The van der Waals surface area contributed by atoms with Crippen LogP contribution in [0.2, 0.25) is 0 Å². The van der Waals surface area contributed by atoms with Crippen molar-refractivity contribution in [2.24, 2.45) is 7.05 Å². The number of aryl methyl sites for hydroxylation is 2. The highest BCUT2D eigenvalue weighted by atomic mass is 19.4. The molecule has 1 amide bonds. The van der Waals surface area contributed by atoms with E-state index in [1.807, 2.05) is 11.9 Å². The highest BCUT2D eigenvalue weighted by Crippen LogP contribution is 2.44. The Balaban J connectivity index is 1.62. The van der Waals surface area contributed by atoms with Crippen LogP contribution in [-0.4, -0.2) is 45.5 Å². The number of rotatable bonds is 4. The van der Waals surface area contributed by atoms with E-state index in [2.05, 4.69) is 15.3 Å². The lowest BCUT2D eigenvalue weighted by Crippen LogP contribution is -2.53. The van der Waals surface area contributed by atoms with Crippen LogP contribution in [0.3, 0.4) is 0 Å². The number of fused-ring (bicyclic) bond motifs is 2. The third-order valence-electron chi connectivity index (χ3n) is 7.56. The Labute approximate surface area is 222 Å². The lowest BCUT2D eigenvalue weighted by molar-refractivity contribution is -0.140. The molecule has 1 saturated heterocycles. The molecule has 3 aromatic rings. The maximum absolute atomic E-state index is 14.9. The highest BCUT2D eigenvalue weighted by molar-refractivity contribution is 6.03. The van der Waals surface area contributed by atoms with Gasteiger partial charge in [0.25, 0.3) is 5.56 Å². The van der Waals surface area contributed by atoms with Crippen molar-refractivity contribution in [3.8, 4) is 0 Å². The van der Waals surface area contributed by atoms with Crippen molar-refractivity contribution in [1.29, 1.82) is 0 Å². The van der Waals surface area contributed by atoms with Crippen molar-refractivity contribution in [1.82, 2.24) is 19.4 Å². The Morgan fingerprint density at radius 1 is 1.13 bits per heavy atom. The summed E-state index contributed by atoms with van der Waals surface area (Å²) >= 11 is 0. The predicted octanol–water partition coefficient (Wildman–Crippen LogP) is 3.93. The number of likely N-dealkylation sites (N-methyl/N-ethyl adjacent to an activating group) is 1. The summed E-state index contributed by atoms with van der Waals surface area (Å²) < 4.78 is 56.4. The molecule has 39 heavy (non-hydrogen) atoms. The molecule has 206 valence electrons. The Morgan fingerprint density at radius 3 is 2.51 bits per heavy atom. The Kier molecular flexibility index (Phi) is 6.48. The average molecular weight is 545 g/mol. The molecule has 12 heteroatoms. The number of aromatic nitrogens is 3. The number of alkyl halides is 3. The quantitative estimate of drug-likeness (QED) is 0.502. The molecular weight excluding hydrogens is 516 g/mol. The lowest BCUT2D eigenvalue weighted by atomic mass is 9.76. The van der Waals surface area contributed by atoms with Crippen LogP contribution in [0.15, 0.2) is 41.3 Å². The molecule has 1 unspecified atom stereocenters. The number of anilines is 2. The van der Waals surface area contributed by atoms with Gasteiger partial charge in [0.1, 0.15) is 22.9 Å². The van der Waals surface area contributed by atoms with Crippen molar-refractivity contribution in [3.05, 3.63) is 80.9 Å². The summed E-state index contributed by atoms with van der Waals surface area (Å²) in [5.41, 5.74) is -1.25. The molecule has 8 nitrogen and oxygen atoms in total. The van der Waals surface area contributed by atoms with Gasteiger partial charge in [0.05, 0.1) is 29.5 Å². The molecule has 2 aliphatic rings. The van der Waals surface area contributed by atoms with Gasteiger partial charge in [-0.2, -0.15) is 13.2 Å². The van der Waals surface area contributed by atoms with Gasteiger partial charge in [0, 0.05) is 37.0 Å². The molecule has 5 rings (SSSR count). The minimum absolute atomic E-state index is 0.0349. The van der Waals surface area contributed by atoms with Crippen molar-refractivity contribution in [3.63, 3.8) is 0 Å². The summed E-state index contributed by atoms with van der Waals surface area (Å²) in [6, 6.07) is 5.35. The first-order valence-electron chi connectivity index (χ1n) is 12.5. The molecular formula is C27H28F4N6O2. The molecule has 0 saturated carbocycles. The van der Waals surface area contributed by atoms with Crippen LogP contribution in [0.5, 0.6) is 0 Å². The van der Waals surface area contributed by atoms with Crippen LogP contribution in [0, 0.1) is 12.7 Å². The summed E-state index contributed by atoms with van der Waals surface area (Å²) in [5.74, 6) is -0.863. The number of halogens is 4. The second-order valence-electron chi connectivity index (χ2n) is 10.3. The number of pyridine rings is 1. The number of likely N-dealkylation sites (tertiary alicyclic amines) is 1. The summed E-state index contributed by atoms with van der Waals surface area (Å²) in [6.07, 6.45) is -2.76. The fourth-order valence-corrected chi connectivity index (χ4v) is 5.52. The van der Waals surface area contributed by atoms with E-state index < -0.39 is 29.0 Å². The fraction of sp³-hybridized carbons (Fsp3) is 0.407. The monoisotopic (exact) mass is 544 g/mol. The predicted molar refractivity (Wildman–Crippen MR) is 137 cm³/mol. The number of amides is 1. The highest BCUT2D eigenvalue weighted by Gasteiger charge is 2.53. The summed E-state index contributed by atoms with van der Waals surface area (Å²) in [7, 11) is 3.52. The number of carbonyl (C=O) groups is 1. The molecule has 2 aromatic heterocycles. The molecule has 0 aliphatic carbocycles. The maximum Gasteiger partial charge on any atom is 0.419 e. The zero-order valence-electron chi connectivity index (χ0n) is 21.9. The minimum atomic E-state index is -4.83. The first-order chi connectivity index (χ1) is 18.3. The number of carbonyl (C=O) groups excluding carboxylic acids is 1. The van der Waals surface area contributed by atoms with Crippen LogP contribution in [0.1, 0.15) is 47.6 Å². The molecule has 1 spiro atoms. The molecule has 1 aromatic carbocycles. The lowest BCUT2D eigenvalue weighted by Gasteiger charge is -2.40. The Bertz CT molecular complexity index is 1520. The van der Waals surface area contributed by atoms with Gasteiger partial charge in [-0.3, -0.25) is 9.59 Å². The minimum Gasteiger partial charge on any atom is -0.363 e. The van der Waals surface area contributed by atoms with Gasteiger partial charge in [0.15, 0.2) is 0 Å². The second kappa shape index (κ2) is 9.44. The molecule has 4 heterocycles. The average Bonchev–Trinajstić information content (AvgIpc) is 3.25. The van der Waals surface area contributed by atoms with E-state index >= 15 is 0 Å². The Morgan fingerprint density at radius 2 is 1.87 bits per heavy atom. The van der Waals surface area contributed by atoms with Gasteiger partial charge in [-0.15, -0.1) is 0 Å². The first kappa shape index (κ1) is 26.8. The molecule has 2 atom stereocenters. The molecule has 2 aliphatic heterocycles. The van der Waals surface area contributed by atoms with Crippen LogP contribution < -0.4 is 15.8 Å². The Hall–Kier alpha value is -3.80. The third-order valence-corrected chi connectivity index (χ3v) is 7.56. The van der Waals surface area contributed by atoms with Crippen LogP contribution >= 0.6 is 0 Å². The van der Waals surface area contributed by atoms with Gasteiger partial charge in [-0.1, -0.05) is 12.1 Å². The van der Waals surface area contributed by atoms with Crippen molar-refractivity contribution in [2.75, 3.05) is 30.4 Å². The first-order valence-corrected chi connectivity index (χ1v) is 12.5. The zero-order valence-corrected chi connectivity index (χ0v) is 21.9. The topological polar surface area (TPSA) is 83.4 Å². The van der Waals surface area contributed by atoms with Crippen LogP contribution in [-0.2, 0) is 30.0 Å². The SMILES string of the molecule is Cc1nc(N[C@H](C)c2cccc(C(F)(F)F)c2F)c2c(n1)C1(CCN(C)C1)C(=O)N(c1ccn(C)c(=O)c1)C2. The van der Waals surface area contributed by atoms with Crippen molar-refractivity contribution in [2.45, 2.75) is 44.4 Å². The van der Waals surface area contributed by atoms with Crippen molar-refractivity contribution < 1.29 is 22.4 Å². The summed E-state index contributed by atoms with van der Waals surface area (Å²) in [4.78, 5) is 39.2. The molecule has 1 N–H and O–H groups in total. The maximum atomic E-state index is 14.9. The van der Waals surface area contributed by atoms with E-state index in [0.29, 0.717) is 54.2 Å². The van der Waals surface area contributed by atoms with E-state index in [-0.39, 0.29) is 23.6 Å². The number of hydrogen-bond donors (Lipinski definition) is 1. The molecule has 0 bridgehead atoms. The van der Waals surface area contributed by atoms with Gasteiger partial charge in [-0.05, 0) is 46.0 Å². The second-order valence-corrected chi connectivity index (χ2v) is 10.3. The number of benzene rings is 1. The third kappa shape index (κ3) is 4.56. The van der Waals surface area contributed by atoms with Gasteiger partial charge in [-0.25, -0.2) is 14.4 Å². The standard InChI is InChI=1S/C27H28F4N6O2/c1-15(18-6-5-7-20(22(18)28)27(29,30)31)32-24-19-13-37(17-8-10-36(4)21(38)12-17)25(39)26(9-11-35(3)14-26)23(19)33-16(2)34-24/h5-8,10,12,15H,9,11,13-14H2,1-4H3,(H,32,33,34)/t15-,26?/m1/s1. The summed E-state index contributed by atoms with van der Waals surface area (Å²) in [6.45, 7) is 4.30.